The van der Waals surface area contributed by atoms with Crippen LogP contribution in [0, 0.1) is 0 Å². The Hall–Kier alpha value is -0.730. The summed E-state index contributed by atoms with van der Waals surface area (Å²) in [6, 6.07) is 0. The van der Waals surface area contributed by atoms with Gasteiger partial charge in [-0.1, -0.05) is 90.4 Å². The van der Waals surface area contributed by atoms with E-state index in [4.69, 9.17) is 0 Å². The maximum atomic E-state index is 10.8. The van der Waals surface area contributed by atoms with Crippen LogP contribution in [0.25, 0.3) is 0 Å². The molecule has 0 aromatic carbocycles. The molecule has 0 spiro atoms. The van der Waals surface area contributed by atoms with Gasteiger partial charge in [-0.05, 0) is 6.42 Å². The monoisotopic (exact) mass is 299 g/mol. The highest BCUT2D eigenvalue weighted by atomic mass is 16.5. The Morgan fingerprint density at radius 3 is 1.48 bits per heavy atom. The first-order valence-electron chi connectivity index (χ1n) is 9.13. The summed E-state index contributed by atoms with van der Waals surface area (Å²) in [7, 11) is 1.40. The fraction of sp³-hybridized carbons (Fsp3) is 0.944. The molecule has 21 heavy (non-hydrogen) atoms. The first kappa shape index (κ1) is 20.3. The first-order valence-corrected chi connectivity index (χ1v) is 9.13. The quantitative estimate of drug-likeness (QED) is 0.387. The highest BCUT2D eigenvalue weighted by molar-refractivity contribution is 5.66. The number of methoxy groups -OCH3 is 1. The number of rotatable bonds is 15. The van der Waals surface area contributed by atoms with Gasteiger partial charge in [0.2, 0.25) is 0 Å². The summed E-state index contributed by atoms with van der Waals surface area (Å²) >= 11 is 0. The molecule has 0 rings (SSSR count). The molecule has 0 radical (unpaired) electrons. The number of hydrogen-bond acceptors (Lipinski definition) is 2. The normalized spacial score (nSPS) is 10.6. The molecule has 0 aromatic rings. The number of carbonyl (C=O) groups excluding carboxylic acids is 1. The van der Waals surface area contributed by atoms with E-state index < -0.39 is 0 Å². The van der Waals surface area contributed by atoms with Crippen molar-refractivity contribution in [3.05, 3.63) is 0 Å². The van der Waals surface area contributed by atoms with E-state index in [1.54, 1.807) is 0 Å². The van der Waals surface area contributed by atoms with E-state index in [2.05, 4.69) is 17.0 Å². The highest BCUT2D eigenvalue weighted by Crippen LogP contribution is 2.12. The molecule has 3 heteroatoms. The van der Waals surface area contributed by atoms with E-state index in [1.807, 2.05) is 0 Å². The number of ether oxygens (including phenoxy) is 1. The van der Waals surface area contributed by atoms with Crippen molar-refractivity contribution in [3.63, 3.8) is 0 Å². The fourth-order valence-electron chi connectivity index (χ4n) is 2.58. The zero-order chi connectivity index (χ0) is 15.6. The van der Waals surface area contributed by atoms with Crippen molar-refractivity contribution in [2.75, 3.05) is 13.7 Å². The summed E-state index contributed by atoms with van der Waals surface area (Å²) in [5, 5.41) is 2.71. The number of unbranched alkanes of at least 4 members (excludes halogenated alkanes) is 13. The minimum absolute atomic E-state index is 0.315. The van der Waals surface area contributed by atoms with Gasteiger partial charge < -0.3 is 10.1 Å². The van der Waals surface area contributed by atoms with Gasteiger partial charge in [-0.3, -0.25) is 0 Å². The first-order chi connectivity index (χ1) is 10.3. The molecule has 3 nitrogen and oxygen atoms in total. The van der Waals surface area contributed by atoms with E-state index in [0.29, 0.717) is 0 Å². The molecule has 0 aliphatic carbocycles. The summed E-state index contributed by atoms with van der Waals surface area (Å²) in [5.41, 5.74) is 0. The standard InChI is InChI=1S/C18H37NO2/c1-3-4-5-6-7-8-9-10-11-12-13-14-15-16-17-19-18(20)21-2/h3-17H2,1-2H3,(H,19,20). The largest absolute Gasteiger partial charge is 0.453 e. The van der Waals surface area contributed by atoms with Crippen LogP contribution in [0.4, 0.5) is 4.79 Å². The molecule has 0 aliphatic heterocycles. The Kier molecular flexibility index (Phi) is 16.7. The molecule has 0 heterocycles. The summed E-state index contributed by atoms with van der Waals surface area (Å²) in [4.78, 5) is 10.8. The third kappa shape index (κ3) is 17.2. The second-order valence-electron chi connectivity index (χ2n) is 6.01. The van der Waals surface area contributed by atoms with Gasteiger partial charge in [-0.15, -0.1) is 0 Å². The van der Waals surface area contributed by atoms with Crippen LogP contribution in [0.15, 0.2) is 0 Å². The van der Waals surface area contributed by atoms with Crippen LogP contribution in [0.2, 0.25) is 0 Å². The predicted molar refractivity (Wildman–Crippen MR) is 90.7 cm³/mol. The maximum absolute atomic E-state index is 10.8. The van der Waals surface area contributed by atoms with Crippen molar-refractivity contribution in [1.29, 1.82) is 0 Å². The predicted octanol–water partition coefficient (Wildman–Crippen LogP) is 5.82. The number of hydrogen-bond donors (Lipinski definition) is 1. The number of nitrogens with one attached hydrogen (secondary N) is 1. The molecule has 0 aromatic heterocycles. The van der Waals surface area contributed by atoms with Crippen LogP contribution in [0.1, 0.15) is 96.8 Å². The Morgan fingerprint density at radius 2 is 1.10 bits per heavy atom. The van der Waals surface area contributed by atoms with Gasteiger partial charge in [0.25, 0.3) is 0 Å². The zero-order valence-electron chi connectivity index (χ0n) is 14.4. The lowest BCUT2D eigenvalue weighted by Gasteiger charge is -2.04. The smallest absolute Gasteiger partial charge is 0.406 e. The van der Waals surface area contributed by atoms with Gasteiger partial charge in [-0.25, -0.2) is 4.79 Å². The van der Waals surface area contributed by atoms with Crippen molar-refractivity contribution in [1.82, 2.24) is 5.32 Å². The molecule has 0 bridgehead atoms. The van der Waals surface area contributed by atoms with Gasteiger partial charge in [0.1, 0.15) is 0 Å². The van der Waals surface area contributed by atoms with E-state index in [-0.39, 0.29) is 6.09 Å². The molecule has 0 fully saturated rings. The molecular weight excluding hydrogens is 262 g/mol. The molecule has 0 atom stereocenters. The SMILES string of the molecule is CCCCCCCCCCCCCCCCNC(=O)OC. The molecule has 1 amide bonds. The van der Waals surface area contributed by atoms with E-state index in [9.17, 15) is 4.79 Å². The second kappa shape index (κ2) is 17.3. The molecule has 0 saturated heterocycles. The number of alkyl carbamates (subject to hydrolysis) is 1. The van der Waals surface area contributed by atoms with Crippen molar-refractivity contribution >= 4 is 6.09 Å². The molecule has 0 saturated carbocycles. The van der Waals surface area contributed by atoms with Gasteiger partial charge >= 0.3 is 6.09 Å². The van der Waals surface area contributed by atoms with Gasteiger partial charge in [0.05, 0.1) is 7.11 Å². The molecule has 1 N–H and O–H groups in total. The van der Waals surface area contributed by atoms with Crippen LogP contribution in [0.5, 0.6) is 0 Å². The zero-order valence-corrected chi connectivity index (χ0v) is 14.4. The summed E-state index contributed by atoms with van der Waals surface area (Å²) in [5.74, 6) is 0. The number of carbonyl (C=O) groups is 1. The van der Waals surface area contributed by atoms with Crippen molar-refractivity contribution < 1.29 is 9.53 Å². The molecular formula is C18H37NO2. The van der Waals surface area contributed by atoms with Crippen LogP contribution in [0.3, 0.4) is 0 Å². The lowest BCUT2D eigenvalue weighted by molar-refractivity contribution is 0.171. The van der Waals surface area contributed by atoms with Crippen molar-refractivity contribution in [2.45, 2.75) is 96.8 Å². The van der Waals surface area contributed by atoms with E-state index in [0.717, 1.165) is 13.0 Å². The summed E-state index contributed by atoms with van der Waals surface area (Å²) < 4.78 is 4.52. The molecule has 126 valence electrons. The third-order valence-corrected chi connectivity index (χ3v) is 3.99. The van der Waals surface area contributed by atoms with Crippen LogP contribution >= 0.6 is 0 Å². The van der Waals surface area contributed by atoms with Gasteiger partial charge in [0.15, 0.2) is 0 Å². The Balaban J connectivity index is 2.98. The van der Waals surface area contributed by atoms with Crippen LogP contribution in [-0.4, -0.2) is 19.7 Å². The van der Waals surface area contributed by atoms with Gasteiger partial charge in [-0.2, -0.15) is 0 Å². The van der Waals surface area contributed by atoms with E-state index >= 15 is 0 Å². The summed E-state index contributed by atoms with van der Waals surface area (Å²) in [6.45, 7) is 3.01. The van der Waals surface area contributed by atoms with Gasteiger partial charge in [0, 0.05) is 6.54 Å². The topological polar surface area (TPSA) is 38.3 Å². The van der Waals surface area contributed by atoms with Crippen LogP contribution in [-0.2, 0) is 4.74 Å². The Labute approximate surface area is 132 Å². The Bertz CT molecular complexity index is 219. The lowest BCUT2D eigenvalue weighted by atomic mass is 10.0. The molecule has 0 unspecified atom stereocenters. The Morgan fingerprint density at radius 1 is 0.714 bits per heavy atom. The van der Waals surface area contributed by atoms with Crippen LogP contribution < -0.4 is 5.32 Å². The molecule has 0 aliphatic rings. The maximum Gasteiger partial charge on any atom is 0.406 e. The average molecular weight is 299 g/mol. The second-order valence-corrected chi connectivity index (χ2v) is 6.01. The average Bonchev–Trinajstić information content (AvgIpc) is 2.50. The lowest BCUT2D eigenvalue weighted by Crippen LogP contribution is -2.23. The minimum Gasteiger partial charge on any atom is -0.453 e. The number of amides is 1. The third-order valence-electron chi connectivity index (χ3n) is 3.99. The summed E-state index contributed by atoms with van der Waals surface area (Å²) in [6.07, 6.45) is 18.7. The van der Waals surface area contributed by atoms with Crippen molar-refractivity contribution in [2.24, 2.45) is 0 Å². The minimum atomic E-state index is -0.315. The highest BCUT2D eigenvalue weighted by Gasteiger charge is 1.97. The van der Waals surface area contributed by atoms with Crippen molar-refractivity contribution in [3.8, 4) is 0 Å². The fourth-order valence-corrected chi connectivity index (χ4v) is 2.58. The van der Waals surface area contributed by atoms with E-state index in [1.165, 1.54) is 90.6 Å².